The second kappa shape index (κ2) is 9.05. The summed E-state index contributed by atoms with van der Waals surface area (Å²) in [5.41, 5.74) is 0.469. The van der Waals surface area contributed by atoms with Crippen LogP contribution in [0.3, 0.4) is 0 Å². The molecule has 0 bridgehead atoms. The maximum absolute atomic E-state index is 14.5. The Morgan fingerprint density at radius 3 is 2.22 bits per heavy atom. The molecule has 0 unspecified atom stereocenters. The van der Waals surface area contributed by atoms with Crippen molar-refractivity contribution in [2.45, 2.75) is 6.18 Å². The van der Waals surface area contributed by atoms with Crippen LogP contribution in [0.15, 0.2) is 101 Å². The Kier molecular flexibility index (Phi) is 5.87. The van der Waals surface area contributed by atoms with Gasteiger partial charge in [0.1, 0.15) is 11.6 Å². The number of aromatic nitrogens is 2. The monoisotopic (exact) mass is 509 g/mol. The van der Waals surface area contributed by atoms with Gasteiger partial charge in [-0.3, -0.25) is 10.2 Å². The van der Waals surface area contributed by atoms with Gasteiger partial charge in [-0.1, -0.05) is 30.3 Å². The molecule has 0 saturated carbocycles. The summed E-state index contributed by atoms with van der Waals surface area (Å²) in [5, 5.41) is -0.0818. The van der Waals surface area contributed by atoms with Gasteiger partial charge in [-0.2, -0.15) is 13.2 Å². The fraction of sp³-hybridized carbons (Fsp3) is 0.0370. The highest BCUT2D eigenvalue weighted by Crippen LogP contribution is 2.30. The van der Waals surface area contributed by atoms with Crippen molar-refractivity contribution in [1.82, 2.24) is 9.24 Å². The van der Waals surface area contributed by atoms with Crippen molar-refractivity contribution in [3.8, 4) is 16.8 Å². The average molecular weight is 509 g/mol. The summed E-state index contributed by atoms with van der Waals surface area (Å²) in [4.78, 5) is 27.0. The van der Waals surface area contributed by atoms with Crippen LogP contribution in [0.25, 0.3) is 27.7 Å². The van der Waals surface area contributed by atoms with Crippen LogP contribution in [0.2, 0.25) is 0 Å². The van der Waals surface area contributed by atoms with E-state index in [1.54, 1.807) is 30.3 Å². The van der Waals surface area contributed by atoms with Crippen molar-refractivity contribution < 1.29 is 22.0 Å². The van der Waals surface area contributed by atoms with Crippen molar-refractivity contribution in [1.29, 1.82) is 0 Å². The van der Waals surface area contributed by atoms with Gasteiger partial charge < -0.3 is 0 Å². The zero-order valence-corrected chi connectivity index (χ0v) is 18.8. The van der Waals surface area contributed by atoms with Gasteiger partial charge in [0, 0.05) is 11.6 Å². The maximum Gasteiger partial charge on any atom is 0.416 e. The van der Waals surface area contributed by atoms with Crippen LogP contribution >= 0.6 is 0 Å². The lowest BCUT2D eigenvalue weighted by Gasteiger charge is -2.17. The molecule has 5 nitrogen and oxygen atoms in total. The first-order chi connectivity index (χ1) is 17.6. The fourth-order valence-electron chi connectivity index (χ4n) is 4.00. The van der Waals surface area contributed by atoms with Gasteiger partial charge in [-0.25, -0.2) is 22.8 Å². The molecular weight excluding hydrogens is 493 g/mol. The Morgan fingerprint density at radius 1 is 0.757 bits per heavy atom. The first kappa shape index (κ1) is 24.0. The molecule has 0 aliphatic rings. The van der Waals surface area contributed by atoms with Crippen molar-refractivity contribution in [2.75, 3.05) is 5.43 Å². The molecule has 0 spiro atoms. The molecule has 10 heteroatoms. The zero-order valence-electron chi connectivity index (χ0n) is 18.8. The van der Waals surface area contributed by atoms with Crippen molar-refractivity contribution in [3.63, 3.8) is 0 Å². The first-order valence-corrected chi connectivity index (χ1v) is 10.9. The van der Waals surface area contributed by atoms with Crippen molar-refractivity contribution in [2.24, 2.45) is 0 Å². The Hall–Kier alpha value is -4.73. The van der Waals surface area contributed by atoms with Crippen LogP contribution in [0, 0.1) is 11.6 Å². The molecule has 186 valence electrons. The van der Waals surface area contributed by atoms with E-state index in [4.69, 9.17) is 0 Å². The number of hydrogen-bond donors (Lipinski definition) is 1. The topological polar surface area (TPSA) is 56.0 Å². The number of anilines is 1. The third-order valence-electron chi connectivity index (χ3n) is 5.74. The van der Waals surface area contributed by atoms with Gasteiger partial charge in [-0.05, 0) is 60.2 Å². The minimum atomic E-state index is -4.70. The normalized spacial score (nSPS) is 11.6. The number of nitrogens with one attached hydrogen (secondary N) is 1. The molecule has 5 aromatic rings. The van der Waals surface area contributed by atoms with Gasteiger partial charge in [0.05, 0.1) is 27.8 Å². The van der Waals surface area contributed by atoms with Gasteiger partial charge >= 0.3 is 11.9 Å². The number of hydrogen-bond acceptors (Lipinski definition) is 3. The summed E-state index contributed by atoms with van der Waals surface area (Å²) in [7, 11) is 0. The van der Waals surface area contributed by atoms with Crippen LogP contribution in [-0.2, 0) is 6.18 Å². The Labute approximate surface area is 205 Å². The molecule has 1 N–H and O–H groups in total. The first-order valence-electron chi connectivity index (χ1n) is 10.9. The number of benzene rings is 4. The molecule has 0 amide bonds. The van der Waals surface area contributed by atoms with Crippen LogP contribution in [-0.4, -0.2) is 9.24 Å². The minimum Gasteiger partial charge on any atom is -0.290 e. The lowest BCUT2D eigenvalue weighted by atomic mass is 10.0. The molecule has 0 atom stereocenters. The molecule has 0 aliphatic heterocycles. The summed E-state index contributed by atoms with van der Waals surface area (Å²) in [6, 6.07) is 19.4. The third kappa shape index (κ3) is 4.49. The molecule has 0 aliphatic carbocycles. The number of nitrogens with zero attached hydrogens (tertiary/aromatic N) is 2. The van der Waals surface area contributed by atoms with E-state index in [0.29, 0.717) is 22.4 Å². The lowest BCUT2D eigenvalue weighted by molar-refractivity contribution is -0.137. The minimum absolute atomic E-state index is 0.00193. The SMILES string of the molecule is O=c1c2cc(-c3ccc(F)cc3F)ccc2n(Nc2ccccc2)c(=O)n1-c1cccc(C(F)(F)F)c1. The molecular formula is C27H16F5N3O2. The Morgan fingerprint density at radius 2 is 1.51 bits per heavy atom. The molecule has 1 aromatic heterocycles. The van der Waals surface area contributed by atoms with Crippen LogP contribution in [0.5, 0.6) is 0 Å². The number of para-hydroxylation sites is 1. The highest BCUT2D eigenvalue weighted by atomic mass is 19.4. The molecule has 4 aromatic carbocycles. The van der Waals surface area contributed by atoms with Crippen molar-refractivity contribution in [3.05, 3.63) is 129 Å². The van der Waals surface area contributed by atoms with Gasteiger partial charge in [0.25, 0.3) is 5.56 Å². The van der Waals surface area contributed by atoms with E-state index in [0.717, 1.165) is 22.9 Å². The van der Waals surface area contributed by atoms with E-state index in [1.807, 2.05) is 0 Å². The number of fused-ring (bicyclic) bond motifs is 1. The quantitative estimate of drug-likeness (QED) is 0.303. The summed E-state index contributed by atoms with van der Waals surface area (Å²) >= 11 is 0. The number of halogens is 5. The van der Waals surface area contributed by atoms with Crippen LogP contribution in [0.1, 0.15) is 5.56 Å². The zero-order chi connectivity index (χ0) is 26.3. The molecule has 0 radical (unpaired) electrons. The lowest BCUT2D eigenvalue weighted by Crippen LogP contribution is -2.41. The van der Waals surface area contributed by atoms with E-state index in [2.05, 4.69) is 5.43 Å². The fourth-order valence-corrected chi connectivity index (χ4v) is 4.00. The molecule has 37 heavy (non-hydrogen) atoms. The summed E-state index contributed by atoms with van der Waals surface area (Å²) in [6.07, 6.45) is -4.70. The number of rotatable bonds is 4. The Bertz CT molecular complexity index is 1760. The van der Waals surface area contributed by atoms with Gasteiger partial charge in [0.15, 0.2) is 0 Å². The largest absolute Gasteiger partial charge is 0.416 e. The van der Waals surface area contributed by atoms with Crippen LogP contribution in [0.4, 0.5) is 27.6 Å². The number of alkyl halides is 3. The summed E-state index contributed by atoms with van der Waals surface area (Å²) in [6.45, 7) is 0. The van der Waals surface area contributed by atoms with Gasteiger partial charge in [-0.15, -0.1) is 0 Å². The summed E-state index contributed by atoms with van der Waals surface area (Å²) in [5.74, 6) is -1.65. The molecule has 0 saturated heterocycles. The maximum atomic E-state index is 14.5. The third-order valence-corrected chi connectivity index (χ3v) is 5.74. The van der Waals surface area contributed by atoms with E-state index in [-0.39, 0.29) is 27.7 Å². The second-order valence-corrected chi connectivity index (χ2v) is 8.14. The summed E-state index contributed by atoms with van der Waals surface area (Å²) < 4.78 is 69.6. The predicted molar refractivity (Wildman–Crippen MR) is 130 cm³/mol. The Balaban J connectivity index is 1.81. The van der Waals surface area contributed by atoms with E-state index < -0.39 is 34.6 Å². The van der Waals surface area contributed by atoms with E-state index in [9.17, 15) is 31.5 Å². The highest BCUT2D eigenvalue weighted by Gasteiger charge is 2.31. The van der Waals surface area contributed by atoms with E-state index in [1.165, 1.54) is 30.3 Å². The van der Waals surface area contributed by atoms with Crippen molar-refractivity contribution >= 4 is 16.6 Å². The second-order valence-electron chi connectivity index (χ2n) is 8.14. The molecule has 1 heterocycles. The van der Waals surface area contributed by atoms with Gasteiger partial charge in [0.2, 0.25) is 0 Å². The van der Waals surface area contributed by atoms with Crippen LogP contribution < -0.4 is 16.7 Å². The standard InChI is InChI=1S/C27H16F5N3O2/c28-18-10-11-21(23(29)15-18)16-9-12-24-22(13-16)25(36)34(20-8-4-5-17(14-20)27(30,31)32)26(37)35(24)33-19-6-2-1-3-7-19/h1-15,33H. The molecule has 5 rings (SSSR count). The highest BCUT2D eigenvalue weighted by molar-refractivity contribution is 5.85. The predicted octanol–water partition coefficient (Wildman–Crippen LogP) is 5.99. The average Bonchev–Trinajstić information content (AvgIpc) is 2.87. The smallest absolute Gasteiger partial charge is 0.290 e. The van der Waals surface area contributed by atoms with E-state index >= 15 is 0 Å². The molecule has 0 fully saturated rings.